The summed E-state index contributed by atoms with van der Waals surface area (Å²) < 4.78 is 5.55. The Morgan fingerprint density at radius 3 is 2.79 bits per heavy atom. The molecule has 2 nitrogen and oxygen atoms in total. The lowest BCUT2D eigenvalue weighted by Crippen LogP contribution is -1.80. The topological polar surface area (TPSA) is 33.4 Å². The van der Waals surface area contributed by atoms with Gasteiger partial charge in [0, 0.05) is 6.42 Å². The zero-order valence-corrected chi connectivity index (χ0v) is 8.29. The van der Waals surface area contributed by atoms with Crippen molar-refractivity contribution in [1.82, 2.24) is 0 Å². The van der Waals surface area contributed by atoms with Gasteiger partial charge in [-0.2, -0.15) is 0 Å². The Morgan fingerprint density at radius 1 is 1.29 bits per heavy atom. The zero-order chi connectivity index (χ0) is 9.97. The second-order valence-corrected chi connectivity index (χ2v) is 3.47. The van der Waals surface area contributed by atoms with Crippen LogP contribution in [0.1, 0.15) is 25.5 Å². The third-order valence-corrected chi connectivity index (χ3v) is 2.40. The van der Waals surface area contributed by atoms with Crippen molar-refractivity contribution in [2.24, 2.45) is 0 Å². The van der Waals surface area contributed by atoms with Crippen LogP contribution in [-0.4, -0.2) is 5.11 Å². The van der Waals surface area contributed by atoms with Crippen LogP contribution in [0.5, 0.6) is 5.75 Å². The van der Waals surface area contributed by atoms with Gasteiger partial charge in [0.1, 0.15) is 11.3 Å². The molecule has 0 aliphatic carbocycles. The average Bonchev–Trinajstić information content (AvgIpc) is 2.54. The van der Waals surface area contributed by atoms with E-state index in [0.29, 0.717) is 11.5 Å². The molecule has 14 heavy (non-hydrogen) atoms. The minimum atomic E-state index is 0.314. The monoisotopic (exact) mass is 190 g/mol. The van der Waals surface area contributed by atoms with E-state index in [1.54, 1.807) is 0 Å². The van der Waals surface area contributed by atoms with Crippen molar-refractivity contribution in [2.45, 2.75) is 26.2 Å². The third kappa shape index (κ3) is 1.48. The molecule has 1 aromatic carbocycles. The molecule has 0 atom stereocenters. The summed E-state index contributed by atoms with van der Waals surface area (Å²) in [5.41, 5.74) is 0.774. The number of aromatic hydroxyl groups is 1. The highest BCUT2D eigenvalue weighted by Gasteiger charge is 2.11. The van der Waals surface area contributed by atoms with Crippen LogP contribution in [-0.2, 0) is 6.42 Å². The van der Waals surface area contributed by atoms with Gasteiger partial charge in [0.05, 0.1) is 5.39 Å². The van der Waals surface area contributed by atoms with Crippen LogP contribution in [0, 0.1) is 0 Å². The van der Waals surface area contributed by atoms with Crippen LogP contribution in [0.25, 0.3) is 11.0 Å². The molecule has 0 saturated heterocycles. The number of para-hydroxylation sites is 1. The molecule has 0 aliphatic rings. The normalized spacial score (nSPS) is 10.9. The Hall–Kier alpha value is -1.44. The first kappa shape index (κ1) is 9.13. The molecule has 0 radical (unpaired) electrons. The van der Waals surface area contributed by atoms with Crippen molar-refractivity contribution >= 4 is 11.0 Å². The van der Waals surface area contributed by atoms with Crippen LogP contribution in [0.4, 0.5) is 0 Å². The predicted octanol–water partition coefficient (Wildman–Crippen LogP) is 3.48. The van der Waals surface area contributed by atoms with E-state index >= 15 is 0 Å². The number of unbranched alkanes of at least 4 members (excludes halogenated alkanes) is 1. The molecule has 74 valence electrons. The molecular formula is C12H14O2. The summed E-state index contributed by atoms with van der Waals surface area (Å²) in [5, 5.41) is 10.6. The van der Waals surface area contributed by atoms with Gasteiger partial charge in [0.2, 0.25) is 0 Å². The van der Waals surface area contributed by atoms with E-state index in [-0.39, 0.29) is 0 Å². The molecule has 2 aromatic rings. The van der Waals surface area contributed by atoms with Crippen molar-refractivity contribution in [3.05, 3.63) is 30.0 Å². The Balaban J connectivity index is 2.41. The second kappa shape index (κ2) is 3.74. The van der Waals surface area contributed by atoms with Crippen LogP contribution < -0.4 is 0 Å². The number of aryl methyl sites for hydroxylation is 1. The standard InChI is InChI=1S/C12H14O2/c1-2-3-7-11-12(13)9-6-4-5-8-10(9)14-11/h4-6,8,13H,2-3,7H2,1H3. The minimum Gasteiger partial charge on any atom is -0.504 e. The molecular weight excluding hydrogens is 176 g/mol. The molecule has 0 saturated carbocycles. The number of hydrogen-bond donors (Lipinski definition) is 1. The van der Waals surface area contributed by atoms with Gasteiger partial charge >= 0.3 is 0 Å². The highest BCUT2D eigenvalue weighted by Crippen LogP contribution is 2.32. The van der Waals surface area contributed by atoms with Crippen LogP contribution in [0.15, 0.2) is 28.7 Å². The molecule has 0 bridgehead atoms. The van der Waals surface area contributed by atoms with Gasteiger partial charge in [-0.1, -0.05) is 25.5 Å². The fourth-order valence-electron chi connectivity index (χ4n) is 1.59. The molecule has 0 amide bonds. The summed E-state index contributed by atoms with van der Waals surface area (Å²) in [6.07, 6.45) is 2.97. The number of benzene rings is 1. The number of furan rings is 1. The van der Waals surface area contributed by atoms with Crippen molar-refractivity contribution in [2.75, 3.05) is 0 Å². The maximum absolute atomic E-state index is 9.82. The van der Waals surface area contributed by atoms with Crippen LogP contribution >= 0.6 is 0 Å². The van der Waals surface area contributed by atoms with E-state index < -0.39 is 0 Å². The summed E-state index contributed by atoms with van der Waals surface area (Å²) in [7, 11) is 0. The lowest BCUT2D eigenvalue weighted by Gasteiger charge is -1.93. The highest BCUT2D eigenvalue weighted by atomic mass is 16.4. The Morgan fingerprint density at radius 2 is 2.07 bits per heavy atom. The summed E-state index contributed by atoms with van der Waals surface area (Å²) >= 11 is 0. The molecule has 0 unspecified atom stereocenters. The van der Waals surface area contributed by atoms with Crippen LogP contribution in [0.2, 0.25) is 0 Å². The number of rotatable bonds is 3. The van der Waals surface area contributed by atoms with Gasteiger partial charge in [-0.25, -0.2) is 0 Å². The summed E-state index contributed by atoms with van der Waals surface area (Å²) in [6.45, 7) is 2.12. The van der Waals surface area contributed by atoms with Crippen molar-refractivity contribution in [3.63, 3.8) is 0 Å². The lowest BCUT2D eigenvalue weighted by atomic mass is 10.2. The van der Waals surface area contributed by atoms with Crippen molar-refractivity contribution in [1.29, 1.82) is 0 Å². The van der Waals surface area contributed by atoms with Gasteiger partial charge in [-0.3, -0.25) is 0 Å². The van der Waals surface area contributed by atoms with E-state index in [1.807, 2.05) is 24.3 Å². The largest absolute Gasteiger partial charge is 0.504 e. The van der Waals surface area contributed by atoms with E-state index in [9.17, 15) is 5.11 Å². The summed E-state index contributed by atoms with van der Waals surface area (Å²) in [4.78, 5) is 0. The molecule has 0 aliphatic heterocycles. The maximum atomic E-state index is 9.82. The zero-order valence-electron chi connectivity index (χ0n) is 8.29. The fourth-order valence-corrected chi connectivity index (χ4v) is 1.59. The van der Waals surface area contributed by atoms with Crippen molar-refractivity contribution < 1.29 is 9.52 Å². The van der Waals surface area contributed by atoms with Crippen molar-refractivity contribution in [3.8, 4) is 5.75 Å². The van der Waals surface area contributed by atoms with Gasteiger partial charge in [-0.15, -0.1) is 0 Å². The minimum absolute atomic E-state index is 0.314. The summed E-state index contributed by atoms with van der Waals surface area (Å²) in [6, 6.07) is 7.57. The maximum Gasteiger partial charge on any atom is 0.165 e. The predicted molar refractivity (Wildman–Crippen MR) is 56.5 cm³/mol. The molecule has 0 fully saturated rings. The molecule has 0 spiro atoms. The Bertz CT molecular complexity index is 429. The molecule has 1 aromatic heterocycles. The first-order valence-corrected chi connectivity index (χ1v) is 5.02. The van der Waals surface area contributed by atoms with Gasteiger partial charge in [0.25, 0.3) is 0 Å². The van der Waals surface area contributed by atoms with E-state index in [4.69, 9.17) is 4.42 Å². The first-order chi connectivity index (χ1) is 6.83. The molecule has 1 N–H and O–H groups in total. The smallest absolute Gasteiger partial charge is 0.165 e. The lowest BCUT2D eigenvalue weighted by molar-refractivity contribution is 0.437. The third-order valence-electron chi connectivity index (χ3n) is 2.40. The fraction of sp³-hybridized carbons (Fsp3) is 0.333. The number of fused-ring (bicyclic) bond motifs is 1. The van der Waals surface area contributed by atoms with E-state index in [0.717, 1.165) is 30.2 Å². The number of hydrogen-bond acceptors (Lipinski definition) is 2. The quantitative estimate of drug-likeness (QED) is 0.803. The molecule has 2 heteroatoms. The highest BCUT2D eigenvalue weighted by molar-refractivity contribution is 5.84. The summed E-state index contributed by atoms with van der Waals surface area (Å²) in [5.74, 6) is 1.03. The SMILES string of the molecule is CCCCc1oc2ccccc2c1O. The van der Waals surface area contributed by atoms with Gasteiger partial charge < -0.3 is 9.52 Å². The molecule has 1 heterocycles. The van der Waals surface area contributed by atoms with E-state index in [1.165, 1.54) is 0 Å². The Labute approximate surface area is 83.2 Å². The van der Waals surface area contributed by atoms with Crippen LogP contribution in [0.3, 0.4) is 0 Å². The Kier molecular flexibility index (Phi) is 2.44. The molecule has 2 rings (SSSR count). The first-order valence-electron chi connectivity index (χ1n) is 5.02. The second-order valence-electron chi connectivity index (χ2n) is 3.47. The van der Waals surface area contributed by atoms with E-state index in [2.05, 4.69) is 6.92 Å². The van der Waals surface area contributed by atoms with Gasteiger partial charge in [0.15, 0.2) is 5.75 Å². The average molecular weight is 190 g/mol. The van der Waals surface area contributed by atoms with Gasteiger partial charge in [-0.05, 0) is 18.6 Å².